The number of sulfone groups is 1. The van der Waals surface area contributed by atoms with Gasteiger partial charge in [0.2, 0.25) is 0 Å². The second kappa shape index (κ2) is 8.49. The lowest BCUT2D eigenvalue weighted by Crippen LogP contribution is -2.23. The lowest BCUT2D eigenvalue weighted by Gasteiger charge is -2.17. The van der Waals surface area contributed by atoms with Crippen LogP contribution in [0.4, 0.5) is 0 Å². The monoisotopic (exact) mass is 440 g/mol. The maximum absolute atomic E-state index is 12.9. The molecule has 2 aromatic carbocycles. The fraction of sp³-hybridized carbons (Fsp3) is 0.182. The minimum Gasteiger partial charge on any atom is -0.496 e. The lowest BCUT2D eigenvalue weighted by atomic mass is 10.1. The molecule has 8 heteroatoms. The number of carbonyl (C=O) groups excluding carboxylic acids is 1. The highest BCUT2D eigenvalue weighted by molar-refractivity contribution is 8.01. The van der Waals surface area contributed by atoms with Crippen LogP contribution < -0.4 is 10.1 Å². The average Bonchev–Trinajstić information content (AvgIpc) is 3.02. The molecule has 1 aliphatic heterocycles. The zero-order valence-electron chi connectivity index (χ0n) is 16.2. The van der Waals surface area contributed by atoms with Gasteiger partial charge in [-0.05, 0) is 35.9 Å². The highest BCUT2D eigenvalue weighted by atomic mass is 32.2. The van der Waals surface area contributed by atoms with Gasteiger partial charge in [0.05, 0.1) is 28.6 Å². The molecule has 0 radical (unpaired) electrons. The average molecular weight is 441 g/mol. The predicted molar refractivity (Wildman–Crippen MR) is 115 cm³/mol. The molecule has 1 N–H and O–H groups in total. The van der Waals surface area contributed by atoms with Gasteiger partial charge in [0.25, 0.3) is 5.91 Å². The van der Waals surface area contributed by atoms with Crippen molar-refractivity contribution in [3.8, 4) is 5.75 Å². The molecule has 0 aliphatic carbocycles. The van der Waals surface area contributed by atoms with Gasteiger partial charge < -0.3 is 10.1 Å². The topological polar surface area (TPSA) is 85.4 Å². The van der Waals surface area contributed by atoms with Crippen molar-refractivity contribution in [2.24, 2.45) is 0 Å². The van der Waals surface area contributed by atoms with E-state index in [0.717, 1.165) is 10.5 Å². The van der Waals surface area contributed by atoms with Crippen LogP contribution in [0.5, 0.6) is 5.75 Å². The normalized spacial score (nSPS) is 16.6. The van der Waals surface area contributed by atoms with E-state index in [2.05, 4.69) is 10.3 Å². The first-order valence-corrected chi connectivity index (χ1v) is 11.9. The minimum atomic E-state index is -3.45. The highest BCUT2D eigenvalue weighted by Crippen LogP contribution is 2.49. The van der Waals surface area contributed by atoms with Crippen molar-refractivity contribution in [3.63, 3.8) is 0 Å². The first kappa shape index (κ1) is 20.4. The number of methoxy groups -OCH3 is 1. The zero-order chi connectivity index (χ0) is 21.1. The summed E-state index contributed by atoms with van der Waals surface area (Å²) in [7, 11) is -1.98. The van der Waals surface area contributed by atoms with Crippen molar-refractivity contribution in [3.05, 3.63) is 83.7 Å². The Kier molecular flexibility index (Phi) is 5.78. The molecular weight excluding hydrogens is 420 g/mol. The third-order valence-corrected chi connectivity index (χ3v) is 8.07. The van der Waals surface area contributed by atoms with E-state index in [-0.39, 0.29) is 21.8 Å². The molecule has 0 saturated heterocycles. The second-order valence-corrected chi connectivity index (χ2v) is 10.1. The summed E-state index contributed by atoms with van der Waals surface area (Å²) < 4.78 is 31.0. The molecule has 3 aromatic rings. The molecule has 4 rings (SSSR count). The molecule has 30 heavy (non-hydrogen) atoms. The van der Waals surface area contributed by atoms with Crippen molar-refractivity contribution in [2.45, 2.75) is 21.6 Å². The Balaban J connectivity index is 1.67. The Morgan fingerprint density at radius 1 is 1.17 bits per heavy atom. The molecule has 1 aromatic heterocycles. The van der Waals surface area contributed by atoms with Crippen LogP contribution >= 0.6 is 11.8 Å². The molecule has 2 heterocycles. The van der Waals surface area contributed by atoms with Gasteiger partial charge in [0.15, 0.2) is 9.84 Å². The maximum atomic E-state index is 12.9. The van der Waals surface area contributed by atoms with E-state index < -0.39 is 9.84 Å². The summed E-state index contributed by atoms with van der Waals surface area (Å²) in [5, 5.41) is 2.50. The molecule has 154 valence electrons. The summed E-state index contributed by atoms with van der Waals surface area (Å²) in [5.74, 6) is -0.0455. The summed E-state index contributed by atoms with van der Waals surface area (Å²) in [6.07, 6.45) is 3.35. The van der Waals surface area contributed by atoms with Crippen LogP contribution in [-0.2, 0) is 16.4 Å². The molecule has 0 saturated carbocycles. The van der Waals surface area contributed by atoms with Gasteiger partial charge >= 0.3 is 0 Å². The van der Waals surface area contributed by atoms with Gasteiger partial charge in [-0.3, -0.25) is 9.78 Å². The number of benzene rings is 2. The summed E-state index contributed by atoms with van der Waals surface area (Å²) in [6, 6.07) is 16.3. The largest absolute Gasteiger partial charge is 0.496 e. The Labute approximate surface area is 179 Å². The number of hydrogen-bond acceptors (Lipinski definition) is 6. The number of aromatic nitrogens is 1. The minimum absolute atomic E-state index is 0.0288. The van der Waals surface area contributed by atoms with Gasteiger partial charge in [-0.2, -0.15) is 0 Å². The van der Waals surface area contributed by atoms with Gasteiger partial charge in [-0.1, -0.05) is 24.3 Å². The first-order chi connectivity index (χ1) is 14.5. The molecule has 0 spiro atoms. The van der Waals surface area contributed by atoms with Crippen LogP contribution in [0.3, 0.4) is 0 Å². The summed E-state index contributed by atoms with van der Waals surface area (Å²) in [4.78, 5) is 18.1. The second-order valence-electron chi connectivity index (χ2n) is 6.80. The van der Waals surface area contributed by atoms with Gasteiger partial charge in [-0.15, -0.1) is 11.8 Å². The summed E-state index contributed by atoms with van der Waals surface area (Å²) in [5.41, 5.74) is 1.74. The molecule has 0 fully saturated rings. The Morgan fingerprint density at radius 3 is 2.67 bits per heavy atom. The van der Waals surface area contributed by atoms with E-state index in [1.165, 1.54) is 31.0 Å². The number of thioether (sulfide) groups is 1. The van der Waals surface area contributed by atoms with E-state index in [4.69, 9.17) is 4.74 Å². The number of fused-ring (bicyclic) bond motifs is 1. The molecule has 1 aliphatic rings. The molecule has 1 amide bonds. The number of nitrogens with zero attached hydrogens (tertiary/aromatic N) is 1. The third kappa shape index (κ3) is 4.06. The van der Waals surface area contributed by atoms with Gasteiger partial charge in [0, 0.05) is 29.4 Å². The van der Waals surface area contributed by atoms with Crippen molar-refractivity contribution in [1.29, 1.82) is 0 Å². The Bertz CT molecular complexity index is 1170. The third-order valence-electron chi connectivity index (χ3n) is 4.83. The van der Waals surface area contributed by atoms with Crippen molar-refractivity contribution in [1.82, 2.24) is 10.3 Å². The first-order valence-electron chi connectivity index (χ1n) is 9.32. The van der Waals surface area contributed by atoms with E-state index in [9.17, 15) is 13.2 Å². The van der Waals surface area contributed by atoms with Crippen molar-refractivity contribution >= 4 is 27.5 Å². The Hall–Kier alpha value is -2.84. The van der Waals surface area contributed by atoms with Crippen LogP contribution in [0.25, 0.3) is 0 Å². The smallest absolute Gasteiger partial charge is 0.255 e. The quantitative estimate of drug-likeness (QED) is 0.630. The summed E-state index contributed by atoms with van der Waals surface area (Å²) >= 11 is 1.46. The SMILES string of the molecule is COc1c(C(=O)NCc2cccnc2)ccc2c1C(Sc1ccccc1)CS2(=O)=O. The number of rotatable bonds is 6. The maximum Gasteiger partial charge on any atom is 0.255 e. The van der Waals surface area contributed by atoms with Crippen LogP contribution in [0.1, 0.15) is 26.7 Å². The number of hydrogen-bond donors (Lipinski definition) is 1. The molecule has 1 atom stereocenters. The van der Waals surface area contributed by atoms with Gasteiger partial charge in [0.1, 0.15) is 5.75 Å². The van der Waals surface area contributed by atoms with E-state index in [1.54, 1.807) is 18.5 Å². The number of nitrogens with one attached hydrogen (secondary N) is 1. The number of ether oxygens (including phenoxy) is 1. The number of carbonyl (C=O) groups is 1. The molecule has 6 nitrogen and oxygen atoms in total. The van der Waals surface area contributed by atoms with E-state index >= 15 is 0 Å². The highest BCUT2D eigenvalue weighted by Gasteiger charge is 2.39. The molecule has 1 unspecified atom stereocenters. The van der Waals surface area contributed by atoms with E-state index in [0.29, 0.717) is 23.4 Å². The lowest BCUT2D eigenvalue weighted by molar-refractivity contribution is 0.0947. The zero-order valence-corrected chi connectivity index (χ0v) is 17.9. The van der Waals surface area contributed by atoms with Crippen molar-refractivity contribution in [2.75, 3.05) is 12.9 Å². The van der Waals surface area contributed by atoms with Crippen LogP contribution in [0.15, 0.2) is 76.8 Å². The van der Waals surface area contributed by atoms with Crippen LogP contribution in [-0.4, -0.2) is 32.2 Å². The van der Waals surface area contributed by atoms with Crippen LogP contribution in [0, 0.1) is 0 Å². The predicted octanol–water partition coefficient (Wildman–Crippen LogP) is 3.64. The van der Waals surface area contributed by atoms with E-state index in [1.807, 2.05) is 36.4 Å². The fourth-order valence-electron chi connectivity index (χ4n) is 3.47. The van der Waals surface area contributed by atoms with Gasteiger partial charge in [-0.25, -0.2) is 8.42 Å². The standard InChI is InChI=1S/C22H20N2O4S2/c1-28-21-17(22(25)24-13-15-6-5-11-23-12-15)9-10-19-20(21)18(14-30(19,26)27)29-16-7-3-2-4-8-16/h2-12,18H,13-14H2,1H3,(H,24,25). The molecular formula is C22H20N2O4S2. The number of pyridine rings is 1. The molecule has 0 bridgehead atoms. The summed E-state index contributed by atoms with van der Waals surface area (Å²) in [6.45, 7) is 0.313. The Morgan fingerprint density at radius 2 is 1.97 bits per heavy atom. The van der Waals surface area contributed by atoms with Crippen molar-refractivity contribution < 1.29 is 17.9 Å². The van der Waals surface area contributed by atoms with Crippen LogP contribution in [0.2, 0.25) is 0 Å². The number of amides is 1. The fourth-order valence-corrected chi connectivity index (χ4v) is 6.93.